The second kappa shape index (κ2) is 5.57. The van der Waals surface area contributed by atoms with E-state index in [4.69, 9.17) is 4.74 Å². The molecule has 0 aliphatic carbocycles. The van der Waals surface area contributed by atoms with Gasteiger partial charge in [0.1, 0.15) is 0 Å². The van der Waals surface area contributed by atoms with Gasteiger partial charge >= 0.3 is 0 Å². The summed E-state index contributed by atoms with van der Waals surface area (Å²) in [5, 5.41) is 5.63. The monoisotopic (exact) mass is 325 g/mol. The van der Waals surface area contributed by atoms with Crippen LogP contribution in [0.5, 0.6) is 0 Å². The SMILES string of the molecule is CCC1(C)CC=c2c3cccc4c(SCCOC)ccc(c43)n21. The molecule has 0 radical (unpaired) electrons. The van der Waals surface area contributed by atoms with Crippen LogP contribution in [0.4, 0.5) is 0 Å². The van der Waals surface area contributed by atoms with Crippen LogP contribution in [0, 0.1) is 0 Å². The first-order chi connectivity index (χ1) is 11.2. The molecular weight excluding hydrogens is 302 g/mol. The summed E-state index contributed by atoms with van der Waals surface area (Å²) in [6, 6.07) is 11.4. The molecule has 1 aliphatic heterocycles. The lowest BCUT2D eigenvalue weighted by molar-refractivity contribution is 0.218. The maximum atomic E-state index is 5.20. The summed E-state index contributed by atoms with van der Waals surface area (Å²) in [7, 11) is 1.76. The molecule has 3 heteroatoms. The molecule has 1 aromatic heterocycles. The van der Waals surface area contributed by atoms with Crippen molar-refractivity contribution in [2.75, 3.05) is 19.5 Å². The first-order valence-corrected chi connectivity index (χ1v) is 9.36. The molecular formula is C20H23NOS. The van der Waals surface area contributed by atoms with Crippen LogP contribution in [0.3, 0.4) is 0 Å². The van der Waals surface area contributed by atoms with Gasteiger partial charge in [-0.15, -0.1) is 11.8 Å². The Labute approximate surface area is 141 Å². The molecule has 3 aromatic rings. The summed E-state index contributed by atoms with van der Waals surface area (Å²) in [5.74, 6) is 0.994. The average Bonchev–Trinajstić information content (AvgIpc) is 3.09. The van der Waals surface area contributed by atoms with Crippen molar-refractivity contribution in [3.63, 3.8) is 0 Å². The van der Waals surface area contributed by atoms with E-state index < -0.39 is 0 Å². The van der Waals surface area contributed by atoms with E-state index in [1.54, 1.807) is 7.11 Å². The number of rotatable bonds is 5. The van der Waals surface area contributed by atoms with Crippen LogP contribution in [0.15, 0.2) is 35.2 Å². The molecule has 1 aliphatic rings. The second-order valence-corrected chi connectivity index (χ2v) is 7.77. The number of nitrogens with zero attached hydrogens (tertiary/aromatic N) is 1. The second-order valence-electron chi connectivity index (χ2n) is 6.63. The summed E-state index contributed by atoms with van der Waals surface area (Å²) in [6.45, 7) is 5.47. The number of methoxy groups -OCH3 is 1. The van der Waals surface area contributed by atoms with E-state index in [-0.39, 0.29) is 5.54 Å². The molecule has 0 saturated heterocycles. The van der Waals surface area contributed by atoms with Crippen LogP contribution in [0.1, 0.15) is 26.7 Å². The summed E-state index contributed by atoms with van der Waals surface area (Å²) in [6.07, 6.45) is 4.72. The van der Waals surface area contributed by atoms with Gasteiger partial charge in [0.05, 0.1) is 12.1 Å². The average molecular weight is 325 g/mol. The minimum absolute atomic E-state index is 0.214. The first kappa shape index (κ1) is 15.1. The Morgan fingerprint density at radius 2 is 2.04 bits per heavy atom. The van der Waals surface area contributed by atoms with Gasteiger partial charge in [-0.2, -0.15) is 0 Å². The van der Waals surface area contributed by atoms with Crippen molar-refractivity contribution < 1.29 is 4.74 Å². The van der Waals surface area contributed by atoms with Crippen LogP contribution in [-0.4, -0.2) is 24.0 Å². The molecule has 0 fully saturated rings. The van der Waals surface area contributed by atoms with Gasteiger partial charge in [-0.25, -0.2) is 0 Å². The molecule has 1 unspecified atom stereocenters. The van der Waals surface area contributed by atoms with Crippen molar-refractivity contribution in [1.29, 1.82) is 0 Å². The molecule has 2 nitrogen and oxygen atoms in total. The Balaban J connectivity index is 1.97. The van der Waals surface area contributed by atoms with Gasteiger partial charge in [0.15, 0.2) is 0 Å². The summed E-state index contributed by atoms with van der Waals surface area (Å²) >= 11 is 1.89. The zero-order chi connectivity index (χ0) is 16.0. The van der Waals surface area contributed by atoms with Crippen molar-refractivity contribution in [1.82, 2.24) is 4.57 Å². The third kappa shape index (κ3) is 2.14. The number of aromatic nitrogens is 1. The van der Waals surface area contributed by atoms with Crippen LogP contribution < -0.4 is 5.35 Å². The Morgan fingerprint density at radius 1 is 1.22 bits per heavy atom. The molecule has 0 amide bonds. The molecule has 23 heavy (non-hydrogen) atoms. The third-order valence-corrected chi connectivity index (χ3v) is 6.36. The lowest BCUT2D eigenvalue weighted by atomic mass is 9.95. The number of ether oxygens (including phenoxy) is 1. The molecule has 4 rings (SSSR count). The smallest absolute Gasteiger partial charge is 0.0556 e. The van der Waals surface area contributed by atoms with Crippen molar-refractivity contribution >= 4 is 39.5 Å². The number of hydrogen-bond acceptors (Lipinski definition) is 2. The Kier molecular flexibility index (Phi) is 3.66. The van der Waals surface area contributed by atoms with E-state index in [9.17, 15) is 0 Å². The van der Waals surface area contributed by atoms with Gasteiger partial charge in [0.2, 0.25) is 0 Å². The number of hydrogen-bond donors (Lipinski definition) is 0. The van der Waals surface area contributed by atoms with E-state index in [1.165, 1.54) is 31.9 Å². The van der Waals surface area contributed by atoms with Crippen molar-refractivity contribution in [3.8, 4) is 0 Å². The van der Waals surface area contributed by atoms with E-state index in [1.807, 2.05) is 11.8 Å². The highest BCUT2D eigenvalue weighted by molar-refractivity contribution is 7.99. The van der Waals surface area contributed by atoms with Gasteiger partial charge in [0, 0.05) is 39.4 Å². The normalized spacial score (nSPS) is 20.3. The minimum Gasteiger partial charge on any atom is -0.384 e. The van der Waals surface area contributed by atoms with E-state index >= 15 is 0 Å². The lowest BCUT2D eigenvalue weighted by Crippen LogP contribution is -2.30. The Hall–Kier alpha value is -1.45. The molecule has 2 aromatic carbocycles. The molecule has 120 valence electrons. The number of benzene rings is 2. The van der Waals surface area contributed by atoms with Crippen molar-refractivity contribution in [2.24, 2.45) is 0 Å². The number of thioether (sulfide) groups is 1. The van der Waals surface area contributed by atoms with Gasteiger partial charge in [-0.1, -0.05) is 31.2 Å². The van der Waals surface area contributed by atoms with Gasteiger partial charge in [-0.3, -0.25) is 0 Å². The predicted octanol–water partition coefficient (Wildman–Crippen LogP) is 4.56. The molecule has 1 atom stereocenters. The fraction of sp³-hybridized carbons (Fsp3) is 0.400. The molecule has 2 heterocycles. The van der Waals surface area contributed by atoms with Crippen LogP contribution in [0.2, 0.25) is 0 Å². The fourth-order valence-corrected chi connectivity index (χ4v) is 4.83. The highest BCUT2D eigenvalue weighted by Crippen LogP contribution is 2.39. The standard InChI is InChI=1S/C20H23NOS/c1-4-20(2)11-10-16-14-6-5-7-15-18(23-13-12-22-3)9-8-17(19(14)15)21(16)20/h5-10H,4,11-13H2,1-3H3. The first-order valence-electron chi connectivity index (χ1n) is 8.38. The quantitative estimate of drug-likeness (QED) is 0.504. The van der Waals surface area contributed by atoms with Gasteiger partial charge in [-0.05, 0) is 37.3 Å². The molecule has 0 saturated carbocycles. The lowest BCUT2D eigenvalue weighted by Gasteiger charge is -2.27. The summed E-state index contributed by atoms with van der Waals surface area (Å²) < 4.78 is 7.78. The summed E-state index contributed by atoms with van der Waals surface area (Å²) in [4.78, 5) is 1.36. The molecule has 0 bridgehead atoms. The van der Waals surface area contributed by atoms with E-state index in [0.29, 0.717) is 0 Å². The predicted molar refractivity (Wildman–Crippen MR) is 100 cm³/mol. The van der Waals surface area contributed by atoms with E-state index in [2.05, 4.69) is 54.8 Å². The summed E-state index contributed by atoms with van der Waals surface area (Å²) in [5.41, 5.74) is 1.60. The van der Waals surface area contributed by atoms with Crippen LogP contribution in [-0.2, 0) is 10.3 Å². The zero-order valence-corrected chi connectivity index (χ0v) is 14.9. The minimum atomic E-state index is 0.214. The molecule has 0 spiro atoms. The molecule has 0 N–H and O–H groups in total. The van der Waals surface area contributed by atoms with Crippen LogP contribution in [0.25, 0.3) is 27.8 Å². The van der Waals surface area contributed by atoms with Gasteiger partial charge in [0.25, 0.3) is 0 Å². The van der Waals surface area contributed by atoms with Crippen LogP contribution >= 0.6 is 11.8 Å². The maximum Gasteiger partial charge on any atom is 0.0556 e. The Morgan fingerprint density at radius 3 is 2.83 bits per heavy atom. The van der Waals surface area contributed by atoms with Crippen molar-refractivity contribution in [2.45, 2.75) is 37.1 Å². The number of fused-ring (bicyclic) bond motifs is 3. The highest BCUT2D eigenvalue weighted by Gasteiger charge is 2.31. The third-order valence-electron chi connectivity index (χ3n) is 5.32. The largest absolute Gasteiger partial charge is 0.384 e. The highest BCUT2D eigenvalue weighted by atomic mass is 32.2. The fourth-order valence-electron chi connectivity index (χ4n) is 3.87. The Bertz CT molecular complexity index is 926. The van der Waals surface area contributed by atoms with Crippen molar-refractivity contribution in [3.05, 3.63) is 35.7 Å². The van der Waals surface area contributed by atoms with Gasteiger partial charge < -0.3 is 9.30 Å². The maximum absolute atomic E-state index is 5.20. The topological polar surface area (TPSA) is 14.2 Å². The zero-order valence-electron chi connectivity index (χ0n) is 14.1. The van der Waals surface area contributed by atoms with E-state index in [0.717, 1.165) is 25.2 Å².